The lowest BCUT2D eigenvalue weighted by Crippen LogP contribution is -2.27. The van der Waals surface area contributed by atoms with Gasteiger partial charge in [0.2, 0.25) is 5.91 Å². The van der Waals surface area contributed by atoms with Gasteiger partial charge < -0.3 is 5.32 Å². The Kier molecular flexibility index (Phi) is 6.49. The molecule has 2 amide bonds. The van der Waals surface area contributed by atoms with Crippen molar-refractivity contribution in [2.75, 3.05) is 16.0 Å². The molecule has 0 radical (unpaired) electrons. The van der Waals surface area contributed by atoms with E-state index in [2.05, 4.69) is 47.2 Å². The summed E-state index contributed by atoms with van der Waals surface area (Å²) in [6.07, 6.45) is 0. The molecule has 1 aliphatic rings. The van der Waals surface area contributed by atoms with Crippen molar-refractivity contribution in [1.82, 2.24) is 0 Å². The van der Waals surface area contributed by atoms with Gasteiger partial charge in [-0.15, -0.1) is 11.8 Å². The minimum atomic E-state index is -0.166. The molecule has 0 unspecified atom stereocenters. The number of thioether (sulfide) groups is 1. The van der Waals surface area contributed by atoms with Gasteiger partial charge in [-0.2, -0.15) is 0 Å². The van der Waals surface area contributed by atoms with Crippen molar-refractivity contribution < 1.29 is 9.59 Å². The summed E-state index contributed by atoms with van der Waals surface area (Å²) >= 11 is 4.98. The predicted octanol–water partition coefficient (Wildman–Crippen LogP) is 6.60. The number of amides is 2. The normalized spacial score (nSPS) is 16.1. The van der Waals surface area contributed by atoms with Crippen LogP contribution < -0.4 is 10.2 Å². The Labute approximate surface area is 195 Å². The van der Waals surface area contributed by atoms with Crippen molar-refractivity contribution in [2.45, 2.75) is 25.1 Å². The first-order chi connectivity index (χ1) is 14.9. The van der Waals surface area contributed by atoms with E-state index in [1.807, 2.05) is 53.4 Å². The number of nitrogens with one attached hydrogen (secondary N) is 1. The second-order valence-electron chi connectivity index (χ2n) is 7.76. The first kappa shape index (κ1) is 21.7. The summed E-state index contributed by atoms with van der Waals surface area (Å²) in [5.41, 5.74) is 4.43. The van der Waals surface area contributed by atoms with Gasteiger partial charge >= 0.3 is 0 Å². The zero-order valence-electron chi connectivity index (χ0n) is 17.3. The van der Waals surface area contributed by atoms with Crippen LogP contribution in [0, 0.1) is 0 Å². The van der Waals surface area contributed by atoms with Gasteiger partial charge in [0.25, 0.3) is 5.91 Å². The Morgan fingerprint density at radius 3 is 2.45 bits per heavy atom. The Morgan fingerprint density at radius 2 is 1.77 bits per heavy atom. The highest BCUT2D eigenvalue weighted by atomic mass is 79.9. The van der Waals surface area contributed by atoms with Crippen LogP contribution in [0.5, 0.6) is 0 Å². The highest BCUT2D eigenvalue weighted by molar-refractivity contribution is 9.10. The molecule has 0 saturated carbocycles. The lowest BCUT2D eigenvalue weighted by Gasteiger charge is -2.25. The van der Waals surface area contributed by atoms with Crippen molar-refractivity contribution in [3.8, 4) is 0 Å². The van der Waals surface area contributed by atoms with Crippen LogP contribution in [0.2, 0.25) is 0 Å². The van der Waals surface area contributed by atoms with Gasteiger partial charge in [0, 0.05) is 21.4 Å². The standard InChI is InChI=1S/C25H23BrN2O2S/c1-16(2)17-8-12-22(13-9-17)28-23(29)15-31-25(28)19-4-3-5-21(14-19)27-24(30)18-6-10-20(26)11-7-18/h3-14,16,25H,15H2,1-2H3,(H,27,30)/t25-/m0/s1. The van der Waals surface area contributed by atoms with E-state index in [0.717, 1.165) is 15.7 Å². The molecule has 3 aromatic carbocycles. The van der Waals surface area contributed by atoms with Gasteiger partial charge in [0.05, 0.1) is 5.75 Å². The molecule has 0 aliphatic carbocycles. The SMILES string of the molecule is CC(C)c1ccc(N2C(=O)CS[C@H]2c2cccc(NC(=O)c3ccc(Br)cc3)c2)cc1. The maximum absolute atomic E-state index is 12.7. The van der Waals surface area contributed by atoms with Crippen LogP contribution in [0.1, 0.15) is 46.6 Å². The molecule has 1 saturated heterocycles. The maximum atomic E-state index is 12.7. The third kappa shape index (κ3) is 4.86. The third-order valence-electron chi connectivity index (χ3n) is 5.24. The van der Waals surface area contributed by atoms with Crippen molar-refractivity contribution in [2.24, 2.45) is 0 Å². The molecular weight excluding hydrogens is 472 g/mol. The van der Waals surface area contributed by atoms with Crippen molar-refractivity contribution in [3.63, 3.8) is 0 Å². The van der Waals surface area contributed by atoms with Gasteiger partial charge in [-0.3, -0.25) is 14.5 Å². The number of carbonyl (C=O) groups excluding carboxylic acids is 2. The van der Waals surface area contributed by atoms with E-state index in [1.165, 1.54) is 5.56 Å². The Morgan fingerprint density at radius 1 is 1.06 bits per heavy atom. The van der Waals surface area contributed by atoms with E-state index in [4.69, 9.17) is 0 Å². The summed E-state index contributed by atoms with van der Waals surface area (Å²) in [6, 6.07) is 23.2. The third-order valence-corrected chi connectivity index (χ3v) is 6.98. The fraction of sp³-hybridized carbons (Fsp3) is 0.200. The molecule has 31 heavy (non-hydrogen) atoms. The fourth-order valence-electron chi connectivity index (χ4n) is 3.54. The van der Waals surface area contributed by atoms with E-state index < -0.39 is 0 Å². The van der Waals surface area contributed by atoms with Gasteiger partial charge in [-0.25, -0.2) is 0 Å². The molecule has 1 N–H and O–H groups in total. The largest absolute Gasteiger partial charge is 0.322 e. The summed E-state index contributed by atoms with van der Waals surface area (Å²) in [6.45, 7) is 4.31. The number of nitrogens with zero attached hydrogens (tertiary/aromatic N) is 1. The van der Waals surface area contributed by atoms with Gasteiger partial charge in [-0.1, -0.05) is 54.0 Å². The summed E-state index contributed by atoms with van der Waals surface area (Å²) < 4.78 is 0.926. The first-order valence-corrected chi connectivity index (χ1v) is 12.0. The number of hydrogen-bond donors (Lipinski definition) is 1. The Bertz CT molecular complexity index is 1100. The van der Waals surface area contributed by atoms with E-state index >= 15 is 0 Å². The molecule has 1 aliphatic heterocycles. The van der Waals surface area contributed by atoms with Crippen LogP contribution in [-0.4, -0.2) is 17.6 Å². The lowest BCUT2D eigenvalue weighted by molar-refractivity contribution is -0.115. The second-order valence-corrected chi connectivity index (χ2v) is 9.74. The molecule has 1 atom stereocenters. The zero-order chi connectivity index (χ0) is 22.0. The Hall–Kier alpha value is -2.57. The highest BCUT2D eigenvalue weighted by Crippen LogP contribution is 2.42. The molecule has 0 bridgehead atoms. The minimum absolute atomic E-state index is 0.0941. The smallest absolute Gasteiger partial charge is 0.255 e. The van der Waals surface area contributed by atoms with Crippen molar-refractivity contribution >= 4 is 50.9 Å². The molecule has 3 aromatic rings. The lowest BCUT2D eigenvalue weighted by atomic mass is 10.0. The second kappa shape index (κ2) is 9.28. The molecule has 1 heterocycles. The van der Waals surface area contributed by atoms with Crippen LogP contribution in [-0.2, 0) is 4.79 Å². The van der Waals surface area contributed by atoms with Crippen LogP contribution >= 0.6 is 27.7 Å². The molecule has 158 valence electrons. The summed E-state index contributed by atoms with van der Waals surface area (Å²) in [5, 5.41) is 2.84. The topological polar surface area (TPSA) is 49.4 Å². The quantitative estimate of drug-likeness (QED) is 0.434. The number of anilines is 2. The fourth-order valence-corrected chi connectivity index (χ4v) is 4.98. The molecule has 4 nitrogen and oxygen atoms in total. The van der Waals surface area contributed by atoms with Crippen LogP contribution in [0.3, 0.4) is 0 Å². The Balaban J connectivity index is 1.56. The number of halogens is 1. The number of rotatable bonds is 5. The molecule has 0 aromatic heterocycles. The number of benzene rings is 3. The van der Waals surface area contributed by atoms with Gasteiger partial charge in [0.1, 0.15) is 5.37 Å². The van der Waals surface area contributed by atoms with Crippen molar-refractivity contribution in [3.05, 3.63) is 94.0 Å². The summed E-state index contributed by atoms with van der Waals surface area (Å²) in [4.78, 5) is 27.1. The van der Waals surface area contributed by atoms with Crippen LogP contribution in [0.25, 0.3) is 0 Å². The summed E-state index contributed by atoms with van der Waals surface area (Å²) in [7, 11) is 0. The monoisotopic (exact) mass is 494 g/mol. The first-order valence-electron chi connectivity index (χ1n) is 10.1. The van der Waals surface area contributed by atoms with Gasteiger partial charge in [0.15, 0.2) is 0 Å². The predicted molar refractivity (Wildman–Crippen MR) is 132 cm³/mol. The van der Waals surface area contributed by atoms with Gasteiger partial charge in [-0.05, 0) is 65.6 Å². The van der Waals surface area contributed by atoms with Crippen LogP contribution in [0.15, 0.2) is 77.3 Å². The minimum Gasteiger partial charge on any atom is -0.322 e. The highest BCUT2D eigenvalue weighted by Gasteiger charge is 2.34. The molecule has 1 fully saturated rings. The maximum Gasteiger partial charge on any atom is 0.255 e. The summed E-state index contributed by atoms with van der Waals surface area (Å²) in [5.74, 6) is 0.809. The van der Waals surface area contributed by atoms with Crippen molar-refractivity contribution in [1.29, 1.82) is 0 Å². The average molecular weight is 495 g/mol. The number of carbonyl (C=O) groups is 2. The van der Waals surface area contributed by atoms with E-state index in [9.17, 15) is 9.59 Å². The molecule has 0 spiro atoms. The van der Waals surface area contributed by atoms with E-state index in [-0.39, 0.29) is 17.2 Å². The average Bonchev–Trinajstić information content (AvgIpc) is 3.16. The number of hydrogen-bond acceptors (Lipinski definition) is 3. The zero-order valence-corrected chi connectivity index (χ0v) is 19.7. The van der Waals surface area contributed by atoms with E-state index in [0.29, 0.717) is 22.9 Å². The van der Waals surface area contributed by atoms with Crippen LogP contribution in [0.4, 0.5) is 11.4 Å². The molecule has 4 rings (SSSR count). The van der Waals surface area contributed by atoms with E-state index in [1.54, 1.807) is 23.9 Å². The molecule has 6 heteroatoms. The molecular formula is C25H23BrN2O2S.